The fraction of sp³-hybridized carbons (Fsp3) is 0.0588. The van der Waals surface area contributed by atoms with Gasteiger partial charge in [-0.05, 0) is 162 Å². The zero-order valence-corrected chi connectivity index (χ0v) is 37.7. The van der Waals surface area contributed by atoms with E-state index in [1.807, 2.05) is 0 Å². The second-order valence-electron chi connectivity index (χ2n) is 19.7. The molecule has 0 amide bonds. The monoisotopic (exact) mass is 874 g/mol. The van der Waals surface area contributed by atoms with E-state index in [4.69, 9.17) is 4.42 Å². The molecule has 1 aromatic heterocycles. The Morgan fingerprint density at radius 2 is 0.870 bits per heavy atom. The first kappa shape index (κ1) is 37.6. The fourth-order valence-corrected chi connectivity index (χ4v) is 13.5. The largest absolute Gasteiger partial charge is 0.456 e. The lowest BCUT2D eigenvalue weighted by Gasteiger charge is -2.44. The second kappa shape index (κ2) is 14.0. The Morgan fingerprint density at radius 1 is 0.362 bits per heavy atom. The van der Waals surface area contributed by atoms with Crippen molar-refractivity contribution in [3.63, 3.8) is 0 Å². The van der Waals surface area contributed by atoms with E-state index >= 15 is 0 Å². The summed E-state index contributed by atoms with van der Waals surface area (Å²) in [6, 6.07) is 65.8. The van der Waals surface area contributed by atoms with Gasteiger partial charge in [0.25, 0.3) is 0 Å². The molecule has 0 N–H and O–H groups in total. The van der Waals surface area contributed by atoms with Crippen LogP contribution in [0.3, 0.4) is 0 Å². The molecule has 1 heterocycles. The third-order valence-electron chi connectivity index (χ3n) is 16.4. The molecule has 11 aromatic carbocycles. The van der Waals surface area contributed by atoms with Gasteiger partial charge in [-0.3, -0.25) is 0 Å². The zero-order valence-electron chi connectivity index (χ0n) is 37.7. The van der Waals surface area contributed by atoms with E-state index < -0.39 is 0 Å². The maximum Gasteiger partial charge on any atom is 0.136 e. The van der Waals surface area contributed by atoms with Crippen LogP contribution in [0.2, 0.25) is 0 Å². The van der Waals surface area contributed by atoms with E-state index in [0.717, 1.165) is 28.4 Å². The van der Waals surface area contributed by atoms with Crippen LogP contribution in [0.1, 0.15) is 12.0 Å². The molecular formula is C68H42O. The number of furan rings is 1. The third kappa shape index (κ3) is 5.14. The number of fused-ring (bicyclic) bond motifs is 13. The van der Waals surface area contributed by atoms with E-state index in [1.165, 1.54) is 126 Å². The summed E-state index contributed by atoms with van der Waals surface area (Å²) in [6.07, 6.45) is 20.4. The quantitative estimate of drug-likeness (QED) is 0.127. The van der Waals surface area contributed by atoms with E-state index in [9.17, 15) is 0 Å². The summed E-state index contributed by atoms with van der Waals surface area (Å²) < 4.78 is 6.48. The molecule has 16 rings (SSSR count). The van der Waals surface area contributed by atoms with Crippen molar-refractivity contribution in [3.8, 4) is 22.3 Å². The van der Waals surface area contributed by atoms with Crippen molar-refractivity contribution >= 4 is 103 Å². The number of allylic oxidation sites excluding steroid dienone is 12. The van der Waals surface area contributed by atoms with Gasteiger partial charge < -0.3 is 4.42 Å². The minimum absolute atomic E-state index is 0.363. The number of hydrogen-bond donors (Lipinski definition) is 0. The Hall–Kier alpha value is -8.52. The van der Waals surface area contributed by atoms with Crippen LogP contribution >= 0.6 is 0 Å². The van der Waals surface area contributed by atoms with E-state index in [2.05, 4.69) is 225 Å². The van der Waals surface area contributed by atoms with Gasteiger partial charge in [0.15, 0.2) is 0 Å². The van der Waals surface area contributed by atoms with Crippen LogP contribution in [0, 0.1) is 17.8 Å². The number of hydrogen-bond acceptors (Lipinski definition) is 1. The number of rotatable bonds is 3. The average Bonchev–Trinajstić information content (AvgIpc) is 3.78. The summed E-state index contributed by atoms with van der Waals surface area (Å²) >= 11 is 0. The highest BCUT2D eigenvalue weighted by Crippen LogP contribution is 2.55. The van der Waals surface area contributed by atoms with Crippen molar-refractivity contribution in [2.75, 3.05) is 0 Å². The van der Waals surface area contributed by atoms with E-state index in [-0.39, 0.29) is 0 Å². The molecule has 0 saturated carbocycles. The van der Waals surface area contributed by atoms with Crippen LogP contribution in [0.4, 0.5) is 0 Å². The maximum absolute atomic E-state index is 6.48. The molecule has 320 valence electrons. The Labute approximate surface area is 398 Å². The second-order valence-corrected chi connectivity index (χ2v) is 19.7. The molecule has 1 heteroatoms. The topological polar surface area (TPSA) is 13.1 Å². The van der Waals surface area contributed by atoms with Crippen LogP contribution in [-0.2, 0) is 0 Å². The molecule has 4 aliphatic rings. The number of para-hydroxylation sites is 1. The van der Waals surface area contributed by atoms with Gasteiger partial charge in [0.05, 0.1) is 0 Å². The summed E-state index contributed by atoms with van der Waals surface area (Å²) in [6.45, 7) is 0. The molecule has 0 spiro atoms. The summed E-state index contributed by atoms with van der Waals surface area (Å²) in [5, 5.41) is 19.9. The Morgan fingerprint density at radius 3 is 1.51 bits per heavy atom. The van der Waals surface area contributed by atoms with Crippen molar-refractivity contribution in [2.45, 2.75) is 6.42 Å². The van der Waals surface area contributed by atoms with Crippen LogP contribution in [0.5, 0.6) is 0 Å². The van der Waals surface area contributed by atoms with Crippen molar-refractivity contribution in [2.24, 2.45) is 17.8 Å². The van der Waals surface area contributed by atoms with Crippen molar-refractivity contribution < 1.29 is 4.42 Å². The molecule has 0 fully saturated rings. The van der Waals surface area contributed by atoms with Crippen LogP contribution in [0.15, 0.2) is 246 Å². The molecule has 0 bridgehead atoms. The Balaban J connectivity index is 0.962. The molecule has 3 unspecified atom stereocenters. The van der Waals surface area contributed by atoms with Gasteiger partial charge in [-0.25, -0.2) is 0 Å². The van der Waals surface area contributed by atoms with Gasteiger partial charge in [-0.2, -0.15) is 0 Å². The third-order valence-corrected chi connectivity index (χ3v) is 16.4. The standard InChI is InChI=1S/C68H42O/c1-2-17-44-43(16-1)57-36-42(32-33-45(57)59-38-62-60(37-58(44)59)46-18-11-12-27-61(46)69-62)64-47-19-3-7-23-51(47)67(52-24-8-4-20-48(52)64)68-53-25-9-5-21-49(53)66(50-22-6-10-26-54(50)68)56-35-31-41-29-28-39-14-13-15-40-30-34-55(56)65(41)63(39)40/h1-27,29-39,63,65H,28H2. The van der Waals surface area contributed by atoms with Gasteiger partial charge >= 0.3 is 0 Å². The first-order valence-electron chi connectivity index (χ1n) is 24.5. The lowest BCUT2D eigenvalue weighted by Crippen LogP contribution is -2.34. The smallest absolute Gasteiger partial charge is 0.136 e. The molecular weight excluding hydrogens is 833 g/mol. The normalized spacial score (nSPS) is 18.5. The summed E-state index contributed by atoms with van der Waals surface area (Å²) in [4.78, 5) is 0. The summed E-state index contributed by atoms with van der Waals surface area (Å²) in [7, 11) is 0. The Bertz CT molecular complexity index is 4410. The highest BCUT2D eigenvalue weighted by molar-refractivity contribution is 6.32. The predicted octanol–water partition coefficient (Wildman–Crippen LogP) is 18.6. The summed E-state index contributed by atoms with van der Waals surface area (Å²) in [5.74, 6) is 1.38. The van der Waals surface area contributed by atoms with Gasteiger partial charge in [-0.15, -0.1) is 0 Å². The van der Waals surface area contributed by atoms with E-state index in [1.54, 1.807) is 0 Å². The van der Waals surface area contributed by atoms with Gasteiger partial charge in [0.2, 0.25) is 0 Å². The highest BCUT2D eigenvalue weighted by atomic mass is 16.3. The molecule has 3 atom stereocenters. The van der Waals surface area contributed by atoms with Gasteiger partial charge in [-0.1, -0.05) is 200 Å². The fourth-order valence-electron chi connectivity index (χ4n) is 13.5. The molecule has 1 nitrogen and oxygen atoms in total. The SMILES string of the molecule is C1=CC2CC=C3C=CC(c4c5ccccc5c(-c5c6ccccc6c(-c6ccc7c(c6)c6ccccc6c6cc8c(cc76)oc6ccccc68)c6ccccc56)c5ccccc45)=C4C=CC(=C1)C2C34. The van der Waals surface area contributed by atoms with Crippen molar-refractivity contribution in [1.29, 1.82) is 0 Å². The molecule has 0 aliphatic heterocycles. The minimum atomic E-state index is 0.363. The lowest BCUT2D eigenvalue weighted by atomic mass is 9.59. The van der Waals surface area contributed by atoms with Crippen LogP contribution < -0.4 is 0 Å². The molecule has 0 radical (unpaired) electrons. The molecule has 12 aromatic rings. The van der Waals surface area contributed by atoms with Gasteiger partial charge in [0, 0.05) is 22.6 Å². The predicted molar refractivity (Wildman–Crippen MR) is 293 cm³/mol. The highest BCUT2D eigenvalue weighted by Gasteiger charge is 2.41. The van der Waals surface area contributed by atoms with Crippen LogP contribution in [0.25, 0.3) is 125 Å². The summed E-state index contributed by atoms with van der Waals surface area (Å²) in [5.41, 5.74) is 14.0. The van der Waals surface area contributed by atoms with Crippen LogP contribution in [-0.4, -0.2) is 0 Å². The minimum Gasteiger partial charge on any atom is -0.456 e. The zero-order chi connectivity index (χ0) is 44.9. The van der Waals surface area contributed by atoms with Gasteiger partial charge in [0.1, 0.15) is 11.2 Å². The van der Waals surface area contributed by atoms with E-state index in [0.29, 0.717) is 17.8 Å². The van der Waals surface area contributed by atoms with Crippen molar-refractivity contribution in [3.05, 3.63) is 247 Å². The maximum atomic E-state index is 6.48. The average molecular weight is 875 g/mol. The first-order chi connectivity index (χ1) is 34.2. The number of benzene rings is 11. The lowest BCUT2D eigenvalue weighted by molar-refractivity contribution is 0.360. The first-order valence-corrected chi connectivity index (χ1v) is 24.5. The molecule has 0 saturated heterocycles. The molecule has 4 aliphatic carbocycles. The van der Waals surface area contributed by atoms with Crippen molar-refractivity contribution in [1.82, 2.24) is 0 Å². The molecule has 69 heavy (non-hydrogen) atoms. The Kier molecular flexibility index (Phi) is 7.63.